The first kappa shape index (κ1) is 4.78. The molecule has 0 aromatic carbocycles. The van der Waals surface area contributed by atoms with E-state index in [0.717, 1.165) is 6.42 Å². The Hall–Kier alpha value is -0.370. The van der Waals surface area contributed by atoms with E-state index in [-0.39, 0.29) is 0 Å². The van der Waals surface area contributed by atoms with Crippen molar-refractivity contribution in [1.82, 2.24) is 4.98 Å². The standard InChI is InChI=1S/C5H5NS/c1-2-5-3-6-4-7-5/h2H2,1H3. The molecule has 0 N–H and O–H groups in total. The quantitative estimate of drug-likeness (QED) is 0.532. The lowest BCUT2D eigenvalue weighted by molar-refractivity contribution is 1.16. The van der Waals surface area contributed by atoms with Crippen molar-refractivity contribution in [2.24, 2.45) is 0 Å². The largest absolute Gasteiger partial charge is 0.231 e. The lowest BCUT2D eigenvalue weighted by Gasteiger charge is -1.75. The van der Waals surface area contributed by atoms with E-state index in [1.165, 1.54) is 16.2 Å². The minimum atomic E-state index is 1.03. The Bertz CT molecular complexity index is 123. The van der Waals surface area contributed by atoms with E-state index < -0.39 is 0 Å². The summed E-state index contributed by atoms with van der Waals surface area (Å²) in [6.07, 6.45) is 3.83. The molecule has 0 bridgehead atoms. The van der Waals surface area contributed by atoms with Crippen LogP contribution in [0.4, 0.5) is 0 Å². The molecule has 0 fully saturated rings. The molecule has 7 heavy (non-hydrogen) atoms. The second-order valence-electron chi connectivity index (χ2n) is 1.19. The summed E-state index contributed by atoms with van der Waals surface area (Å²) >= 11 is 1.53. The highest BCUT2D eigenvalue weighted by atomic mass is 32.1. The van der Waals surface area contributed by atoms with Gasteiger partial charge in [-0.05, 0) is 6.42 Å². The zero-order valence-corrected chi connectivity index (χ0v) is 4.88. The predicted octanol–water partition coefficient (Wildman–Crippen LogP) is 1.31. The number of rotatable bonds is 1. The third kappa shape index (κ3) is 0.996. The van der Waals surface area contributed by atoms with Crippen molar-refractivity contribution in [2.75, 3.05) is 0 Å². The lowest BCUT2D eigenvalue weighted by atomic mass is 10.4. The number of thiazole rings is 1. The van der Waals surface area contributed by atoms with Gasteiger partial charge in [-0.1, -0.05) is 6.92 Å². The Morgan fingerprint density at radius 1 is 1.86 bits per heavy atom. The van der Waals surface area contributed by atoms with Crippen molar-refractivity contribution in [1.29, 1.82) is 0 Å². The summed E-state index contributed by atoms with van der Waals surface area (Å²) in [5.41, 5.74) is 2.72. The van der Waals surface area contributed by atoms with Crippen molar-refractivity contribution in [3.63, 3.8) is 0 Å². The van der Waals surface area contributed by atoms with Crippen LogP contribution < -0.4 is 0 Å². The van der Waals surface area contributed by atoms with Gasteiger partial charge >= 0.3 is 0 Å². The van der Waals surface area contributed by atoms with Crippen molar-refractivity contribution in [3.8, 4) is 0 Å². The Labute approximate surface area is 47.0 Å². The van der Waals surface area contributed by atoms with Gasteiger partial charge in [-0.15, -0.1) is 11.3 Å². The van der Waals surface area contributed by atoms with E-state index in [4.69, 9.17) is 0 Å². The third-order valence-corrected chi connectivity index (χ3v) is 1.53. The van der Waals surface area contributed by atoms with E-state index in [1.54, 1.807) is 0 Å². The molecule has 0 aliphatic carbocycles. The molecule has 0 saturated heterocycles. The second-order valence-corrected chi connectivity index (χ2v) is 2.07. The van der Waals surface area contributed by atoms with Crippen LogP contribution in [-0.4, -0.2) is 4.98 Å². The zero-order chi connectivity index (χ0) is 5.11. The van der Waals surface area contributed by atoms with Gasteiger partial charge in [-0.25, -0.2) is 4.98 Å². The molecular weight excluding hydrogens is 106 g/mol. The number of aryl methyl sites for hydroxylation is 1. The normalized spacial score (nSPS) is 9.29. The molecule has 2 heteroatoms. The van der Waals surface area contributed by atoms with Gasteiger partial charge in [0.25, 0.3) is 0 Å². The number of aromatic nitrogens is 1. The van der Waals surface area contributed by atoms with E-state index in [1.807, 2.05) is 0 Å². The van der Waals surface area contributed by atoms with Crippen molar-refractivity contribution >= 4 is 11.3 Å². The molecule has 1 aromatic rings. The number of hydrogen-bond acceptors (Lipinski definition) is 2. The van der Waals surface area contributed by atoms with Gasteiger partial charge in [-0.2, -0.15) is 0 Å². The maximum absolute atomic E-state index is 3.66. The summed E-state index contributed by atoms with van der Waals surface area (Å²) in [5, 5.41) is 0. The van der Waals surface area contributed by atoms with Gasteiger partial charge in [0.2, 0.25) is 0 Å². The van der Waals surface area contributed by atoms with E-state index in [2.05, 4.69) is 23.6 Å². The van der Waals surface area contributed by atoms with Crippen LogP contribution in [0.3, 0.4) is 0 Å². The molecule has 1 aromatic heterocycles. The topological polar surface area (TPSA) is 12.9 Å². The monoisotopic (exact) mass is 111 g/mol. The maximum Gasteiger partial charge on any atom is 0.153 e. The average Bonchev–Trinajstić information content (AvgIpc) is 2.14. The number of hydrogen-bond donors (Lipinski definition) is 0. The first-order valence-electron chi connectivity index (χ1n) is 2.17. The fraction of sp³-hybridized carbons (Fsp3) is 0.400. The Morgan fingerprint density at radius 3 is 3.00 bits per heavy atom. The van der Waals surface area contributed by atoms with Crippen molar-refractivity contribution < 1.29 is 0 Å². The Balaban J connectivity index is 2.76. The SMILES string of the molecule is CCc1[c]n[c]s1. The van der Waals surface area contributed by atoms with E-state index >= 15 is 0 Å². The molecule has 0 atom stereocenters. The molecule has 0 aliphatic rings. The molecule has 1 nitrogen and oxygen atoms in total. The minimum Gasteiger partial charge on any atom is -0.231 e. The molecule has 0 spiro atoms. The fourth-order valence-corrected chi connectivity index (χ4v) is 0.774. The highest BCUT2D eigenvalue weighted by Gasteiger charge is 1.86. The van der Waals surface area contributed by atoms with Crippen LogP contribution in [-0.2, 0) is 6.42 Å². The smallest absolute Gasteiger partial charge is 0.153 e. The van der Waals surface area contributed by atoms with Crippen LogP contribution >= 0.6 is 11.3 Å². The summed E-state index contributed by atoms with van der Waals surface area (Å²) in [7, 11) is 0. The molecule has 0 amide bonds. The summed E-state index contributed by atoms with van der Waals surface area (Å²) in [6.45, 7) is 2.08. The maximum atomic E-state index is 3.66. The molecule has 2 radical (unpaired) electrons. The average molecular weight is 111 g/mol. The second kappa shape index (κ2) is 2.07. The molecule has 0 unspecified atom stereocenters. The molecule has 0 saturated carbocycles. The van der Waals surface area contributed by atoms with E-state index in [9.17, 15) is 0 Å². The lowest BCUT2D eigenvalue weighted by Crippen LogP contribution is -1.65. The molecular formula is C5H5NS. The van der Waals surface area contributed by atoms with Crippen LogP contribution in [0, 0.1) is 11.7 Å². The fourth-order valence-electron chi connectivity index (χ4n) is 0.337. The molecule has 1 heterocycles. The van der Waals surface area contributed by atoms with Crippen molar-refractivity contribution in [2.45, 2.75) is 13.3 Å². The summed E-state index contributed by atoms with van der Waals surface area (Å²) in [4.78, 5) is 4.84. The van der Waals surface area contributed by atoms with E-state index in [0.29, 0.717) is 0 Å². The van der Waals surface area contributed by atoms with Gasteiger partial charge in [-0.3, -0.25) is 0 Å². The van der Waals surface area contributed by atoms with Gasteiger partial charge in [0.15, 0.2) is 5.51 Å². The van der Waals surface area contributed by atoms with Crippen LogP contribution in [0.1, 0.15) is 11.8 Å². The van der Waals surface area contributed by atoms with Gasteiger partial charge in [0.05, 0.1) is 0 Å². The minimum absolute atomic E-state index is 1.03. The zero-order valence-electron chi connectivity index (χ0n) is 4.06. The van der Waals surface area contributed by atoms with Gasteiger partial charge in [0.1, 0.15) is 6.20 Å². The summed E-state index contributed by atoms with van der Waals surface area (Å²) in [6, 6.07) is 0. The first-order valence-corrected chi connectivity index (χ1v) is 2.98. The summed E-state index contributed by atoms with van der Waals surface area (Å²) < 4.78 is 0. The molecule has 1 rings (SSSR count). The van der Waals surface area contributed by atoms with Gasteiger partial charge in [0, 0.05) is 4.88 Å². The van der Waals surface area contributed by atoms with Crippen LogP contribution in [0.15, 0.2) is 0 Å². The predicted molar refractivity (Wildman–Crippen MR) is 29.2 cm³/mol. The summed E-state index contributed by atoms with van der Waals surface area (Å²) in [5.74, 6) is 0. The Morgan fingerprint density at radius 2 is 2.71 bits per heavy atom. The Kier molecular flexibility index (Phi) is 1.42. The number of nitrogens with zero attached hydrogens (tertiary/aromatic N) is 1. The molecule has 36 valence electrons. The third-order valence-electron chi connectivity index (χ3n) is 0.716. The highest BCUT2D eigenvalue weighted by Crippen LogP contribution is 2.02. The first-order chi connectivity index (χ1) is 3.43. The van der Waals surface area contributed by atoms with Crippen LogP contribution in [0.5, 0.6) is 0 Å². The molecule has 0 aliphatic heterocycles. The highest BCUT2D eigenvalue weighted by molar-refractivity contribution is 7.09. The van der Waals surface area contributed by atoms with Crippen molar-refractivity contribution in [3.05, 3.63) is 16.6 Å². The van der Waals surface area contributed by atoms with Crippen LogP contribution in [0.2, 0.25) is 0 Å². The van der Waals surface area contributed by atoms with Crippen LogP contribution in [0.25, 0.3) is 0 Å². The van der Waals surface area contributed by atoms with Gasteiger partial charge < -0.3 is 0 Å².